The molecule has 0 saturated carbocycles. The molecule has 142 valence electrons. The summed E-state index contributed by atoms with van der Waals surface area (Å²) in [5, 5.41) is 11.9. The van der Waals surface area contributed by atoms with Crippen molar-refractivity contribution in [1.29, 1.82) is 0 Å². The van der Waals surface area contributed by atoms with Gasteiger partial charge in [0, 0.05) is 35.7 Å². The van der Waals surface area contributed by atoms with Gasteiger partial charge in [-0.15, -0.1) is 0 Å². The molecule has 0 unspecified atom stereocenters. The highest BCUT2D eigenvalue weighted by Gasteiger charge is 2.19. The Kier molecular flexibility index (Phi) is 3.98. The number of nitrogen functional groups attached to an aromatic ring is 1. The van der Waals surface area contributed by atoms with Crippen LogP contribution in [-0.2, 0) is 4.74 Å². The van der Waals surface area contributed by atoms with E-state index >= 15 is 0 Å². The number of rotatable bonds is 4. The molecule has 5 N–H and O–H groups in total. The van der Waals surface area contributed by atoms with Gasteiger partial charge in [-0.1, -0.05) is 0 Å². The second-order valence-corrected chi connectivity index (χ2v) is 7.06. The van der Waals surface area contributed by atoms with E-state index in [-0.39, 0.29) is 12.0 Å². The minimum Gasteiger partial charge on any atom is -0.384 e. The largest absolute Gasteiger partial charge is 0.384 e. The standard InChI is InChI=1S/C20H20N6O2/c21-18-6-14-16(9-22-17(14)10-23-18)11-4-12-7-25-26-19(12)15(5-11)20(27)24-8-13-2-1-3-28-13/h4-7,9-10,13,22H,1-3,8H2,(H2,21,23)(H,24,27)(H,25,26)/t13-/m0/s1. The molecule has 0 radical (unpaired) electrons. The van der Waals surface area contributed by atoms with Crippen molar-refractivity contribution in [2.24, 2.45) is 0 Å². The van der Waals surface area contributed by atoms with Crippen LogP contribution in [0.15, 0.2) is 36.8 Å². The Hall–Kier alpha value is -3.39. The van der Waals surface area contributed by atoms with Crippen LogP contribution in [0.1, 0.15) is 23.2 Å². The van der Waals surface area contributed by atoms with Crippen LogP contribution in [0.4, 0.5) is 5.82 Å². The second-order valence-electron chi connectivity index (χ2n) is 7.06. The number of nitrogens with two attached hydrogens (primary N) is 1. The molecule has 8 heteroatoms. The maximum atomic E-state index is 12.9. The van der Waals surface area contributed by atoms with E-state index in [1.807, 2.05) is 24.4 Å². The maximum Gasteiger partial charge on any atom is 0.253 e. The van der Waals surface area contributed by atoms with Crippen molar-refractivity contribution < 1.29 is 9.53 Å². The molecular formula is C20H20N6O2. The Balaban J connectivity index is 1.55. The molecule has 0 spiro atoms. The van der Waals surface area contributed by atoms with Crippen LogP contribution < -0.4 is 11.1 Å². The maximum absolute atomic E-state index is 12.9. The number of aromatic nitrogens is 4. The van der Waals surface area contributed by atoms with Gasteiger partial charge in [0.25, 0.3) is 5.91 Å². The SMILES string of the molecule is Nc1cc2c(-c3cc(C(=O)NC[C@@H]4CCCO4)c4[nH]ncc4c3)c[nH]c2cn1. The van der Waals surface area contributed by atoms with E-state index in [0.29, 0.717) is 17.9 Å². The number of amides is 1. The average molecular weight is 376 g/mol. The highest BCUT2D eigenvalue weighted by atomic mass is 16.5. The predicted octanol–water partition coefficient (Wildman–Crippen LogP) is 2.60. The number of fused-ring (bicyclic) bond motifs is 2. The summed E-state index contributed by atoms with van der Waals surface area (Å²) in [6.45, 7) is 1.27. The van der Waals surface area contributed by atoms with Crippen molar-refractivity contribution in [2.75, 3.05) is 18.9 Å². The summed E-state index contributed by atoms with van der Waals surface area (Å²) in [6, 6.07) is 5.72. The molecule has 5 rings (SSSR count). The number of pyridine rings is 1. The van der Waals surface area contributed by atoms with Crippen LogP contribution in [0.3, 0.4) is 0 Å². The molecule has 1 saturated heterocycles. The zero-order valence-electron chi connectivity index (χ0n) is 15.2. The molecule has 1 atom stereocenters. The van der Waals surface area contributed by atoms with E-state index in [2.05, 4.69) is 25.5 Å². The lowest BCUT2D eigenvalue weighted by Crippen LogP contribution is -2.31. The fourth-order valence-corrected chi connectivity index (χ4v) is 3.78. The molecule has 4 aromatic rings. The first-order valence-corrected chi connectivity index (χ1v) is 9.29. The summed E-state index contributed by atoms with van der Waals surface area (Å²) < 4.78 is 5.60. The number of nitrogens with one attached hydrogen (secondary N) is 3. The van der Waals surface area contributed by atoms with Gasteiger partial charge in [0.15, 0.2) is 0 Å². The Bertz CT molecular complexity index is 1170. The summed E-state index contributed by atoms with van der Waals surface area (Å²) in [5.41, 5.74) is 9.90. The van der Waals surface area contributed by atoms with Gasteiger partial charge in [-0.25, -0.2) is 4.98 Å². The van der Waals surface area contributed by atoms with Gasteiger partial charge in [-0.2, -0.15) is 5.10 Å². The Labute approximate surface area is 160 Å². The Morgan fingerprint density at radius 2 is 2.25 bits per heavy atom. The van der Waals surface area contributed by atoms with Crippen molar-refractivity contribution >= 4 is 33.5 Å². The van der Waals surface area contributed by atoms with Crippen molar-refractivity contribution in [3.8, 4) is 11.1 Å². The Morgan fingerprint density at radius 3 is 3.11 bits per heavy atom. The van der Waals surface area contributed by atoms with Gasteiger partial charge in [0.05, 0.1) is 35.1 Å². The first-order chi connectivity index (χ1) is 13.7. The third-order valence-electron chi connectivity index (χ3n) is 5.21. The van der Waals surface area contributed by atoms with Crippen LogP contribution in [0.5, 0.6) is 0 Å². The number of H-pyrrole nitrogens is 2. The van der Waals surface area contributed by atoms with Crippen molar-refractivity contribution in [2.45, 2.75) is 18.9 Å². The number of carbonyl (C=O) groups excluding carboxylic acids is 1. The highest BCUT2D eigenvalue weighted by molar-refractivity contribution is 6.08. The van der Waals surface area contributed by atoms with Crippen LogP contribution in [-0.4, -0.2) is 45.3 Å². The van der Waals surface area contributed by atoms with E-state index in [0.717, 1.165) is 52.4 Å². The van der Waals surface area contributed by atoms with Crippen LogP contribution in [0.25, 0.3) is 32.9 Å². The van der Waals surface area contributed by atoms with Crippen LogP contribution >= 0.6 is 0 Å². The zero-order valence-corrected chi connectivity index (χ0v) is 15.2. The monoisotopic (exact) mass is 376 g/mol. The van der Waals surface area contributed by atoms with E-state index in [9.17, 15) is 4.79 Å². The molecule has 28 heavy (non-hydrogen) atoms. The lowest BCUT2D eigenvalue weighted by atomic mass is 10.00. The minimum absolute atomic E-state index is 0.0912. The van der Waals surface area contributed by atoms with Crippen molar-refractivity contribution in [3.05, 3.63) is 42.4 Å². The van der Waals surface area contributed by atoms with Gasteiger partial charge >= 0.3 is 0 Å². The number of ether oxygens (including phenoxy) is 1. The van der Waals surface area contributed by atoms with Gasteiger partial charge in [0.2, 0.25) is 0 Å². The Morgan fingerprint density at radius 1 is 1.32 bits per heavy atom. The number of benzene rings is 1. The molecule has 1 fully saturated rings. The molecule has 0 bridgehead atoms. The van der Waals surface area contributed by atoms with E-state index < -0.39 is 0 Å². The predicted molar refractivity (Wildman–Crippen MR) is 107 cm³/mol. The van der Waals surface area contributed by atoms with Crippen molar-refractivity contribution in [1.82, 2.24) is 25.5 Å². The summed E-state index contributed by atoms with van der Waals surface area (Å²) >= 11 is 0. The smallest absolute Gasteiger partial charge is 0.253 e. The third kappa shape index (κ3) is 2.87. The molecule has 1 aliphatic heterocycles. The van der Waals surface area contributed by atoms with Gasteiger partial charge < -0.3 is 20.8 Å². The normalized spacial score (nSPS) is 16.8. The molecular weight excluding hydrogens is 356 g/mol. The van der Waals surface area contributed by atoms with Gasteiger partial charge in [0.1, 0.15) is 5.82 Å². The number of aromatic amines is 2. The van der Waals surface area contributed by atoms with Gasteiger partial charge in [-0.3, -0.25) is 9.89 Å². The first-order valence-electron chi connectivity index (χ1n) is 9.29. The number of hydrogen-bond acceptors (Lipinski definition) is 5. The van der Waals surface area contributed by atoms with E-state index in [1.54, 1.807) is 12.4 Å². The average Bonchev–Trinajstić information content (AvgIpc) is 3.44. The van der Waals surface area contributed by atoms with Crippen molar-refractivity contribution in [3.63, 3.8) is 0 Å². The number of nitrogens with zero attached hydrogens (tertiary/aromatic N) is 2. The van der Waals surface area contributed by atoms with E-state index in [1.165, 1.54) is 0 Å². The molecule has 4 heterocycles. The molecule has 8 nitrogen and oxygen atoms in total. The quantitative estimate of drug-likeness (QED) is 0.436. The zero-order chi connectivity index (χ0) is 19.1. The summed E-state index contributed by atoms with van der Waals surface area (Å²) in [5.74, 6) is 0.305. The van der Waals surface area contributed by atoms with E-state index in [4.69, 9.17) is 10.5 Å². The number of anilines is 1. The molecule has 0 aliphatic carbocycles. The summed E-state index contributed by atoms with van der Waals surface area (Å²) in [4.78, 5) is 20.2. The summed E-state index contributed by atoms with van der Waals surface area (Å²) in [6.07, 6.45) is 7.44. The first kappa shape index (κ1) is 16.8. The fourth-order valence-electron chi connectivity index (χ4n) is 3.78. The highest BCUT2D eigenvalue weighted by Crippen LogP contribution is 2.32. The second kappa shape index (κ2) is 6.65. The molecule has 3 aromatic heterocycles. The number of hydrogen-bond donors (Lipinski definition) is 4. The van der Waals surface area contributed by atoms with Crippen LogP contribution in [0, 0.1) is 0 Å². The third-order valence-corrected chi connectivity index (χ3v) is 5.21. The topological polar surface area (TPSA) is 122 Å². The summed E-state index contributed by atoms with van der Waals surface area (Å²) in [7, 11) is 0. The number of carbonyl (C=O) groups is 1. The minimum atomic E-state index is -0.146. The molecule has 1 amide bonds. The van der Waals surface area contributed by atoms with Gasteiger partial charge in [-0.05, 0) is 36.6 Å². The fraction of sp³-hybridized carbons (Fsp3) is 0.250. The molecule has 1 aromatic carbocycles. The lowest BCUT2D eigenvalue weighted by molar-refractivity contribution is 0.0859. The van der Waals surface area contributed by atoms with Crippen LogP contribution in [0.2, 0.25) is 0 Å². The lowest BCUT2D eigenvalue weighted by Gasteiger charge is -2.12. The molecule has 1 aliphatic rings.